The molecule has 21 heavy (non-hydrogen) atoms. The van der Waals surface area contributed by atoms with Crippen molar-refractivity contribution in [3.8, 4) is 5.75 Å². The van der Waals surface area contributed by atoms with Gasteiger partial charge in [-0.15, -0.1) is 0 Å². The summed E-state index contributed by atoms with van der Waals surface area (Å²) in [6.45, 7) is 3.22. The number of likely N-dealkylation sites (tertiary alicyclic amines) is 1. The molecule has 1 aromatic carbocycles. The first kappa shape index (κ1) is 14.7. The minimum absolute atomic E-state index is 0.116. The van der Waals surface area contributed by atoms with E-state index in [1.807, 2.05) is 17.0 Å². The SMILES string of the molecule is COc1cccc(Cl)c1CC(=O)N1CC[C@@]2(CCOC2)C1. The second kappa shape index (κ2) is 5.85. The van der Waals surface area contributed by atoms with Crippen LogP contribution in [0.2, 0.25) is 5.02 Å². The monoisotopic (exact) mass is 309 g/mol. The molecule has 0 aliphatic carbocycles. The predicted molar refractivity (Wildman–Crippen MR) is 80.8 cm³/mol. The van der Waals surface area contributed by atoms with E-state index < -0.39 is 0 Å². The molecule has 1 amide bonds. The topological polar surface area (TPSA) is 38.8 Å². The van der Waals surface area contributed by atoms with Gasteiger partial charge in [0.25, 0.3) is 0 Å². The van der Waals surface area contributed by atoms with Gasteiger partial charge in [0.05, 0.1) is 20.1 Å². The lowest BCUT2D eigenvalue weighted by atomic mass is 9.87. The van der Waals surface area contributed by atoms with Crippen molar-refractivity contribution in [1.29, 1.82) is 0 Å². The number of nitrogens with zero attached hydrogens (tertiary/aromatic N) is 1. The molecule has 2 heterocycles. The second-order valence-corrected chi connectivity index (χ2v) is 6.37. The Hall–Kier alpha value is -1.26. The third-order valence-corrected chi connectivity index (χ3v) is 4.95. The number of hydrogen-bond acceptors (Lipinski definition) is 3. The first-order valence-corrected chi connectivity index (χ1v) is 7.68. The Kier molecular flexibility index (Phi) is 4.09. The van der Waals surface area contributed by atoms with E-state index in [-0.39, 0.29) is 11.3 Å². The van der Waals surface area contributed by atoms with E-state index in [1.165, 1.54) is 0 Å². The number of carbonyl (C=O) groups is 1. The zero-order chi connectivity index (χ0) is 14.9. The molecular weight excluding hydrogens is 290 g/mol. The van der Waals surface area contributed by atoms with E-state index in [0.29, 0.717) is 17.2 Å². The third-order valence-electron chi connectivity index (χ3n) is 4.60. The average molecular weight is 310 g/mol. The Bertz CT molecular complexity index is 540. The maximum absolute atomic E-state index is 12.5. The van der Waals surface area contributed by atoms with E-state index >= 15 is 0 Å². The third kappa shape index (κ3) is 2.87. The van der Waals surface area contributed by atoms with Gasteiger partial charge < -0.3 is 14.4 Å². The number of rotatable bonds is 3. The molecule has 1 aromatic rings. The van der Waals surface area contributed by atoms with E-state index in [9.17, 15) is 4.79 Å². The molecule has 2 saturated heterocycles. The maximum Gasteiger partial charge on any atom is 0.227 e. The summed E-state index contributed by atoms with van der Waals surface area (Å²) in [5.74, 6) is 0.791. The lowest BCUT2D eigenvalue weighted by molar-refractivity contribution is -0.129. The van der Waals surface area contributed by atoms with Crippen molar-refractivity contribution in [3.63, 3.8) is 0 Å². The molecule has 0 N–H and O–H groups in total. The van der Waals surface area contributed by atoms with Crippen molar-refractivity contribution >= 4 is 17.5 Å². The number of amides is 1. The van der Waals surface area contributed by atoms with Crippen LogP contribution in [0.15, 0.2) is 18.2 Å². The van der Waals surface area contributed by atoms with Crippen LogP contribution < -0.4 is 4.74 Å². The van der Waals surface area contributed by atoms with Crippen LogP contribution in [-0.2, 0) is 16.0 Å². The highest BCUT2D eigenvalue weighted by Crippen LogP contribution is 2.38. The van der Waals surface area contributed by atoms with Crippen molar-refractivity contribution in [2.45, 2.75) is 19.3 Å². The van der Waals surface area contributed by atoms with Crippen LogP contribution in [0.5, 0.6) is 5.75 Å². The number of hydrogen-bond donors (Lipinski definition) is 0. The van der Waals surface area contributed by atoms with Gasteiger partial charge in [-0.1, -0.05) is 17.7 Å². The molecule has 0 saturated carbocycles. The predicted octanol–water partition coefficient (Wildman–Crippen LogP) is 2.53. The molecule has 0 radical (unpaired) electrons. The largest absolute Gasteiger partial charge is 0.496 e. The van der Waals surface area contributed by atoms with E-state index in [4.69, 9.17) is 21.1 Å². The van der Waals surface area contributed by atoms with Gasteiger partial charge in [-0.2, -0.15) is 0 Å². The van der Waals surface area contributed by atoms with Crippen molar-refractivity contribution in [1.82, 2.24) is 4.90 Å². The molecule has 0 aromatic heterocycles. The summed E-state index contributed by atoms with van der Waals surface area (Å²) in [5.41, 5.74) is 0.968. The Morgan fingerprint density at radius 3 is 3.05 bits per heavy atom. The smallest absolute Gasteiger partial charge is 0.227 e. The van der Waals surface area contributed by atoms with Gasteiger partial charge in [0.15, 0.2) is 0 Å². The molecule has 0 bridgehead atoms. The molecule has 3 rings (SSSR count). The first-order valence-electron chi connectivity index (χ1n) is 7.30. The summed E-state index contributed by atoms with van der Waals surface area (Å²) in [6.07, 6.45) is 2.39. The van der Waals surface area contributed by atoms with Crippen LogP contribution in [0.4, 0.5) is 0 Å². The number of benzene rings is 1. The Balaban J connectivity index is 1.70. The van der Waals surface area contributed by atoms with Crippen molar-refractivity contribution in [2.24, 2.45) is 5.41 Å². The Morgan fingerprint density at radius 1 is 1.48 bits per heavy atom. The van der Waals surface area contributed by atoms with Crippen molar-refractivity contribution in [3.05, 3.63) is 28.8 Å². The summed E-state index contributed by atoms with van der Waals surface area (Å²) in [4.78, 5) is 14.5. The normalized spacial score (nSPS) is 24.8. The quantitative estimate of drug-likeness (QED) is 0.861. The molecule has 0 unspecified atom stereocenters. The summed E-state index contributed by atoms with van der Waals surface area (Å²) < 4.78 is 10.8. The fraction of sp³-hybridized carbons (Fsp3) is 0.562. The van der Waals surface area contributed by atoms with Gasteiger partial charge in [0.2, 0.25) is 5.91 Å². The zero-order valence-corrected chi connectivity index (χ0v) is 13.0. The molecule has 2 aliphatic heterocycles. The Morgan fingerprint density at radius 2 is 2.33 bits per heavy atom. The lowest BCUT2D eigenvalue weighted by Crippen LogP contribution is -2.33. The minimum atomic E-state index is 0.116. The van der Waals surface area contributed by atoms with Crippen LogP contribution in [0, 0.1) is 5.41 Å². The van der Waals surface area contributed by atoms with Gasteiger partial charge in [0, 0.05) is 35.7 Å². The fourth-order valence-electron chi connectivity index (χ4n) is 3.28. The minimum Gasteiger partial charge on any atom is -0.496 e. The number of ether oxygens (including phenoxy) is 2. The molecule has 5 heteroatoms. The van der Waals surface area contributed by atoms with Crippen molar-refractivity contribution in [2.75, 3.05) is 33.4 Å². The van der Waals surface area contributed by atoms with Crippen LogP contribution in [0.25, 0.3) is 0 Å². The van der Waals surface area contributed by atoms with E-state index in [1.54, 1.807) is 13.2 Å². The van der Waals surface area contributed by atoms with Gasteiger partial charge >= 0.3 is 0 Å². The highest BCUT2D eigenvalue weighted by Gasteiger charge is 2.42. The van der Waals surface area contributed by atoms with Crippen LogP contribution in [-0.4, -0.2) is 44.2 Å². The summed E-state index contributed by atoms with van der Waals surface area (Å²) >= 11 is 6.21. The molecule has 4 nitrogen and oxygen atoms in total. The van der Waals surface area contributed by atoms with Gasteiger partial charge in [-0.3, -0.25) is 4.79 Å². The van der Waals surface area contributed by atoms with Crippen molar-refractivity contribution < 1.29 is 14.3 Å². The number of halogens is 1. The van der Waals surface area contributed by atoms with Gasteiger partial charge in [-0.25, -0.2) is 0 Å². The van der Waals surface area contributed by atoms with Gasteiger partial charge in [-0.05, 0) is 25.0 Å². The highest BCUT2D eigenvalue weighted by atomic mass is 35.5. The standard InChI is InChI=1S/C16H20ClNO3/c1-20-14-4-2-3-13(17)12(14)9-15(19)18-7-5-16(10-18)6-8-21-11-16/h2-4H,5-11H2,1H3/t16-/m1/s1. The average Bonchev–Trinajstić information content (AvgIpc) is 3.12. The summed E-state index contributed by atoms with van der Waals surface area (Å²) in [5, 5.41) is 0.584. The first-order chi connectivity index (χ1) is 10.1. The fourth-order valence-corrected chi connectivity index (χ4v) is 3.52. The van der Waals surface area contributed by atoms with Crippen LogP contribution in [0.1, 0.15) is 18.4 Å². The van der Waals surface area contributed by atoms with E-state index in [0.717, 1.165) is 44.7 Å². The Labute approximate surface area is 130 Å². The molecule has 2 aliphatic rings. The summed E-state index contributed by atoms with van der Waals surface area (Å²) in [7, 11) is 1.60. The zero-order valence-electron chi connectivity index (χ0n) is 12.2. The highest BCUT2D eigenvalue weighted by molar-refractivity contribution is 6.31. The number of carbonyl (C=O) groups excluding carboxylic acids is 1. The molecule has 1 spiro atoms. The summed E-state index contributed by atoms with van der Waals surface area (Å²) in [6, 6.07) is 5.46. The van der Waals surface area contributed by atoms with Crippen LogP contribution in [0.3, 0.4) is 0 Å². The van der Waals surface area contributed by atoms with Crippen LogP contribution >= 0.6 is 11.6 Å². The molecule has 1 atom stereocenters. The van der Waals surface area contributed by atoms with E-state index in [2.05, 4.69) is 0 Å². The number of methoxy groups -OCH3 is 1. The molecular formula is C16H20ClNO3. The molecule has 114 valence electrons. The lowest BCUT2D eigenvalue weighted by Gasteiger charge is -2.22. The maximum atomic E-state index is 12.5. The molecule has 2 fully saturated rings. The van der Waals surface area contributed by atoms with Gasteiger partial charge in [0.1, 0.15) is 5.75 Å². The second-order valence-electron chi connectivity index (χ2n) is 5.97.